The summed E-state index contributed by atoms with van der Waals surface area (Å²) in [6.07, 6.45) is 6.72. The number of hydrogen-bond donors (Lipinski definition) is 1. The Morgan fingerprint density at radius 1 is 1.08 bits per heavy atom. The Morgan fingerprint density at radius 2 is 1.90 bits per heavy atom. The highest BCUT2D eigenvalue weighted by Gasteiger charge is 2.90. The van der Waals surface area contributed by atoms with Crippen LogP contribution in [0.25, 0.3) is 32.1 Å². The lowest BCUT2D eigenvalue weighted by Gasteiger charge is -2.46. The number of rotatable bonds is 6. The van der Waals surface area contributed by atoms with E-state index in [1.165, 1.54) is 12.1 Å². The highest BCUT2D eigenvalue weighted by atomic mass is 35.5. The van der Waals surface area contributed by atoms with Crippen LogP contribution in [0.2, 0.25) is 5.02 Å². The molecule has 9 fully saturated rings. The van der Waals surface area contributed by atoms with Gasteiger partial charge in [-0.2, -0.15) is 20.5 Å². The third-order valence-electron chi connectivity index (χ3n) is 16.5. The molecule has 0 radical (unpaired) electrons. The number of thiophene rings is 1. The van der Waals surface area contributed by atoms with Gasteiger partial charge in [0, 0.05) is 60.9 Å². The minimum Gasteiger partial charge on any atom is -0.461 e. The molecule has 7 heterocycles. The first-order chi connectivity index (χ1) is 28.4. The summed E-state index contributed by atoms with van der Waals surface area (Å²) in [5.74, 6) is 0.789. The summed E-state index contributed by atoms with van der Waals surface area (Å²) >= 11 is 7.96. The SMILES string of the molecule is N#Cc1c(N)sc2c(F)ccc(-c3c(Cl)cc4c(N5CCC6CC7(C6)C6C(CC5)CC67C(=O)N5CC6(CC6C#N)C5)nc(OC[C@@]56CCCN5C[C@H](F)C6)nc4c3F)c12. The van der Waals surface area contributed by atoms with E-state index >= 15 is 8.78 Å². The number of alkyl halides is 1. The van der Waals surface area contributed by atoms with E-state index < -0.39 is 23.3 Å². The summed E-state index contributed by atoms with van der Waals surface area (Å²) in [4.78, 5) is 30.3. The van der Waals surface area contributed by atoms with Crippen LogP contribution in [0, 0.1) is 74.2 Å². The van der Waals surface area contributed by atoms with Gasteiger partial charge in [-0.3, -0.25) is 9.69 Å². The summed E-state index contributed by atoms with van der Waals surface area (Å²) < 4.78 is 53.8. The van der Waals surface area contributed by atoms with Crippen molar-refractivity contribution in [1.82, 2.24) is 19.8 Å². The fraction of sp³-hybridized carbons (Fsp3) is 0.568. The van der Waals surface area contributed by atoms with Crippen LogP contribution in [0.3, 0.4) is 0 Å². The van der Waals surface area contributed by atoms with Crippen LogP contribution in [-0.4, -0.2) is 83.3 Å². The molecule has 10 nitrogen and oxygen atoms in total. The average molecular weight is 839 g/mol. The van der Waals surface area contributed by atoms with Gasteiger partial charge in [0.15, 0.2) is 5.82 Å². The van der Waals surface area contributed by atoms with Gasteiger partial charge in [0.05, 0.1) is 38.2 Å². The molecule has 59 heavy (non-hydrogen) atoms. The van der Waals surface area contributed by atoms with Gasteiger partial charge in [0.25, 0.3) is 0 Å². The maximum absolute atomic E-state index is 17.4. The fourth-order valence-corrected chi connectivity index (χ4v) is 14.9. The number of anilines is 2. The van der Waals surface area contributed by atoms with Gasteiger partial charge in [-0.25, -0.2) is 13.2 Å². The van der Waals surface area contributed by atoms with Crippen molar-refractivity contribution in [2.24, 2.45) is 39.9 Å². The first-order valence-electron chi connectivity index (χ1n) is 21.0. The van der Waals surface area contributed by atoms with E-state index in [4.69, 9.17) is 27.1 Å². The zero-order chi connectivity index (χ0) is 40.4. The highest BCUT2D eigenvalue weighted by Crippen LogP contribution is 2.91. The lowest BCUT2D eigenvalue weighted by Crippen LogP contribution is -2.57. The Balaban J connectivity index is 0.907. The number of nitrogens with two attached hydrogens (primary N) is 1. The molecule has 304 valence electrons. The second-order valence-corrected chi connectivity index (χ2v) is 20.7. The van der Waals surface area contributed by atoms with Gasteiger partial charge < -0.3 is 20.3 Å². The molecule has 2 N–H and O–H groups in total. The Labute approximate surface area is 348 Å². The Kier molecular flexibility index (Phi) is 7.50. The molecule has 1 amide bonds. The van der Waals surface area contributed by atoms with E-state index in [2.05, 4.69) is 26.9 Å². The number of hydrogen-bond acceptors (Lipinski definition) is 10. The number of benzene rings is 2. The number of halogens is 4. The van der Waals surface area contributed by atoms with Crippen molar-refractivity contribution < 1.29 is 22.7 Å². The van der Waals surface area contributed by atoms with E-state index in [1.54, 1.807) is 6.07 Å². The molecule has 5 aliphatic heterocycles. The number of likely N-dealkylation sites (tertiary alicyclic amines) is 1. The van der Waals surface area contributed by atoms with Crippen LogP contribution in [0.5, 0.6) is 6.01 Å². The van der Waals surface area contributed by atoms with Crippen LogP contribution in [-0.2, 0) is 4.79 Å². The van der Waals surface area contributed by atoms with Crippen molar-refractivity contribution in [3.8, 4) is 29.3 Å². The second kappa shape index (κ2) is 12.1. The standard InChI is InChI=1S/C44H42ClF3N8O2S/c45-29-10-27-34(33(48)32(29)26-2-3-30(47)35-31(26)28(17-50)37(51)59-35)52-40(58-21-42-6-1-7-56(42)18-25(46)15-42)53-38(27)54-8-4-22-11-43(12-22)36-23(5-9-54)13-44(36,43)39(57)55-19-41(20-55)14-24(41)16-49/h2-3,10,22-25,36H,1,4-9,11-15,18-21,51H2/t22?,23?,24?,25-,36?,42+,43?,44?/m1/s1. The zero-order valence-corrected chi connectivity index (χ0v) is 33.9. The first-order valence-corrected chi connectivity index (χ1v) is 22.2. The number of fused-ring (bicyclic) bond motifs is 7. The molecule has 15 heteroatoms. The van der Waals surface area contributed by atoms with Crippen LogP contribution in [0.15, 0.2) is 18.2 Å². The lowest BCUT2D eigenvalue weighted by molar-refractivity contribution is -0.152. The quantitative estimate of drug-likeness (QED) is 0.206. The van der Waals surface area contributed by atoms with E-state index in [9.17, 15) is 19.7 Å². The molecule has 4 unspecified atom stereocenters. The number of nitriles is 2. The van der Waals surface area contributed by atoms with E-state index in [0.717, 1.165) is 82.3 Å². The molecule has 2 bridgehead atoms. The Bertz CT molecular complexity index is 2630. The monoisotopic (exact) mass is 838 g/mol. The molecule has 2 spiro atoms. The molecule has 2 aromatic carbocycles. The molecule has 4 aliphatic carbocycles. The topological polar surface area (TPSA) is 135 Å². The van der Waals surface area contributed by atoms with Crippen molar-refractivity contribution in [2.75, 3.05) is 56.5 Å². The van der Waals surface area contributed by atoms with Crippen molar-refractivity contribution in [3.63, 3.8) is 0 Å². The second-order valence-electron chi connectivity index (χ2n) is 19.2. The predicted octanol–water partition coefficient (Wildman–Crippen LogP) is 7.86. The Morgan fingerprint density at radius 3 is 2.68 bits per heavy atom. The molecule has 4 saturated carbocycles. The van der Waals surface area contributed by atoms with E-state index in [-0.39, 0.29) is 77.1 Å². The number of carbonyl (C=O) groups excluding carboxylic acids is 1. The third-order valence-corrected chi connectivity index (χ3v) is 17.8. The Hall–Kier alpha value is -4.37. The maximum Gasteiger partial charge on any atom is 0.319 e. The number of nitrogen functional groups attached to an aromatic ring is 1. The van der Waals surface area contributed by atoms with Crippen molar-refractivity contribution in [1.29, 1.82) is 10.5 Å². The smallest absolute Gasteiger partial charge is 0.319 e. The minimum absolute atomic E-state index is 0.0122. The molecule has 13 rings (SSSR count). The summed E-state index contributed by atoms with van der Waals surface area (Å²) in [6.45, 7) is 4.06. The molecule has 9 aliphatic rings. The van der Waals surface area contributed by atoms with E-state index in [0.29, 0.717) is 60.9 Å². The van der Waals surface area contributed by atoms with Gasteiger partial charge in [-0.05, 0) is 98.8 Å². The minimum atomic E-state index is -0.950. The van der Waals surface area contributed by atoms with E-state index in [1.807, 2.05) is 4.90 Å². The van der Waals surface area contributed by atoms with Gasteiger partial charge in [0.2, 0.25) is 5.91 Å². The molecule has 2 aromatic heterocycles. The highest BCUT2D eigenvalue weighted by molar-refractivity contribution is 7.23. The van der Waals surface area contributed by atoms with Gasteiger partial charge in [-0.1, -0.05) is 17.7 Å². The molecular weight excluding hydrogens is 797 g/mol. The number of nitrogens with zero attached hydrogens (tertiary/aromatic N) is 7. The predicted molar refractivity (Wildman–Crippen MR) is 216 cm³/mol. The summed E-state index contributed by atoms with van der Waals surface area (Å²) in [5.41, 5.74) is 5.81. The fourth-order valence-electron chi connectivity index (χ4n) is 13.6. The van der Waals surface area contributed by atoms with Crippen LogP contribution in [0.4, 0.5) is 24.0 Å². The van der Waals surface area contributed by atoms with Crippen LogP contribution in [0.1, 0.15) is 63.4 Å². The van der Waals surface area contributed by atoms with Crippen molar-refractivity contribution >= 4 is 60.7 Å². The van der Waals surface area contributed by atoms with Crippen molar-refractivity contribution in [2.45, 2.75) is 69.5 Å². The summed E-state index contributed by atoms with van der Waals surface area (Å²) in [7, 11) is 0. The van der Waals surface area contributed by atoms with Gasteiger partial charge >= 0.3 is 6.01 Å². The largest absolute Gasteiger partial charge is 0.461 e. The number of amides is 1. The van der Waals surface area contributed by atoms with Crippen LogP contribution < -0.4 is 15.4 Å². The molecular formula is C44H42ClF3N8O2S. The van der Waals surface area contributed by atoms with Crippen LogP contribution >= 0.6 is 22.9 Å². The van der Waals surface area contributed by atoms with Crippen molar-refractivity contribution in [3.05, 3.63) is 40.4 Å². The van der Waals surface area contributed by atoms with Gasteiger partial charge in [0.1, 0.15) is 41.0 Å². The first kappa shape index (κ1) is 36.5. The summed E-state index contributed by atoms with van der Waals surface area (Å²) in [5, 5.41) is 20.2. The number of ether oxygens (including phenoxy) is 1. The molecule has 6 atom stereocenters. The van der Waals surface area contributed by atoms with Gasteiger partial charge in [-0.15, -0.1) is 11.3 Å². The summed E-state index contributed by atoms with van der Waals surface area (Å²) in [6, 6.07) is 8.76. The lowest BCUT2D eigenvalue weighted by atomic mass is 9.65. The average Bonchev–Trinajstić information content (AvgIpc) is 3.81. The third kappa shape index (κ3) is 4.74. The zero-order valence-electron chi connectivity index (χ0n) is 32.4. The number of carbonyl (C=O) groups is 1. The molecule has 5 saturated heterocycles. The number of aromatic nitrogens is 2. The normalized spacial score (nSPS) is 34.6. The molecule has 4 aromatic rings. The maximum atomic E-state index is 17.4.